The maximum atomic E-state index is 5.74. The smallest absolute Gasteiger partial charge is 0.181 e. The zero-order valence-corrected chi connectivity index (χ0v) is 9.33. The highest BCUT2D eigenvalue weighted by atomic mass is 15.1. The number of imidazole rings is 1. The second-order valence-electron chi connectivity index (χ2n) is 3.88. The molecule has 0 amide bonds. The van der Waals surface area contributed by atoms with Crippen LogP contribution in [0.15, 0.2) is 36.8 Å². The highest BCUT2D eigenvalue weighted by Gasteiger charge is 2.06. The van der Waals surface area contributed by atoms with Gasteiger partial charge < -0.3 is 10.3 Å². The van der Waals surface area contributed by atoms with E-state index in [2.05, 4.69) is 15.0 Å². The van der Waals surface area contributed by atoms with Crippen molar-refractivity contribution in [3.63, 3.8) is 0 Å². The van der Waals surface area contributed by atoms with Crippen molar-refractivity contribution in [2.75, 3.05) is 5.73 Å². The van der Waals surface area contributed by atoms with Crippen LogP contribution in [-0.4, -0.2) is 19.5 Å². The van der Waals surface area contributed by atoms with Gasteiger partial charge in [-0.25, -0.2) is 15.0 Å². The Labute approximate surface area is 98.0 Å². The minimum absolute atomic E-state index is 0.642. The van der Waals surface area contributed by atoms with E-state index < -0.39 is 0 Å². The Hall–Kier alpha value is -2.43. The number of nitrogen functional groups attached to an aromatic ring is 1. The van der Waals surface area contributed by atoms with Crippen LogP contribution < -0.4 is 5.73 Å². The Bertz CT molecular complexity index is 686. The third-order valence-corrected chi connectivity index (χ3v) is 2.63. The molecule has 3 rings (SSSR count). The van der Waals surface area contributed by atoms with Gasteiger partial charge in [-0.2, -0.15) is 0 Å². The number of fused-ring (bicyclic) bond motifs is 1. The Kier molecular flexibility index (Phi) is 2.04. The number of aromatic nitrogens is 4. The number of anilines is 1. The van der Waals surface area contributed by atoms with Crippen LogP contribution in [0.5, 0.6) is 0 Å². The van der Waals surface area contributed by atoms with Crippen LogP contribution in [0, 0.1) is 0 Å². The fourth-order valence-electron chi connectivity index (χ4n) is 1.73. The van der Waals surface area contributed by atoms with Crippen LogP contribution in [0.25, 0.3) is 22.6 Å². The number of nitrogens with two attached hydrogens (primary N) is 1. The second kappa shape index (κ2) is 3.55. The Morgan fingerprint density at radius 1 is 1.24 bits per heavy atom. The van der Waals surface area contributed by atoms with E-state index >= 15 is 0 Å². The van der Waals surface area contributed by atoms with Crippen LogP contribution in [0.1, 0.15) is 0 Å². The average Bonchev–Trinajstić information content (AvgIpc) is 2.71. The first-order valence-electron chi connectivity index (χ1n) is 5.24. The minimum atomic E-state index is 0.642. The quantitative estimate of drug-likeness (QED) is 0.639. The molecule has 2 heterocycles. The molecule has 0 atom stereocenters. The molecule has 2 aromatic heterocycles. The van der Waals surface area contributed by atoms with Gasteiger partial charge in [0.25, 0.3) is 0 Å². The molecule has 0 bridgehead atoms. The third kappa shape index (κ3) is 1.61. The van der Waals surface area contributed by atoms with E-state index in [4.69, 9.17) is 5.73 Å². The molecule has 0 aliphatic carbocycles. The topological polar surface area (TPSA) is 69.6 Å². The van der Waals surface area contributed by atoms with Gasteiger partial charge in [0.05, 0.1) is 12.5 Å². The van der Waals surface area contributed by atoms with E-state index in [0.717, 1.165) is 11.1 Å². The van der Waals surface area contributed by atoms with Gasteiger partial charge >= 0.3 is 0 Å². The molecule has 5 nitrogen and oxygen atoms in total. The fourth-order valence-corrected chi connectivity index (χ4v) is 1.73. The Balaban J connectivity index is 2.18. The lowest BCUT2D eigenvalue weighted by atomic mass is 10.2. The highest BCUT2D eigenvalue weighted by Crippen LogP contribution is 2.19. The van der Waals surface area contributed by atoms with Crippen molar-refractivity contribution in [3.05, 3.63) is 36.8 Å². The van der Waals surface area contributed by atoms with Gasteiger partial charge in [-0.05, 0) is 12.1 Å². The van der Waals surface area contributed by atoms with Gasteiger partial charge in [-0.15, -0.1) is 0 Å². The molecule has 3 aromatic rings. The standard InChI is InChI=1S/C12H11N5/c1-17-7-15-12-10(17)6-14-11(16-12)8-3-2-4-9(13)5-8/h2-7H,13H2,1H3. The summed E-state index contributed by atoms with van der Waals surface area (Å²) in [5, 5.41) is 0. The third-order valence-electron chi connectivity index (χ3n) is 2.63. The highest BCUT2D eigenvalue weighted by molar-refractivity contribution is 5.73. The van der Waals surface area contributed by atoms with Crippen molar-refractivity contribution in [2.24, 2.45) is 7.05 Å². The van der Waals surface area contributed by atoms with Gasteiger partial charge in [0.1, 0.15) is 5.52 Å². The summed E-state index contributed by atoms with van der Waals surface area (Å²) in [6.07, 6.45) is 3.50. The largest absolute Gasteiger partial charge is 0.399 e. The molecule has 0 radical (unpaired) electrons. The van der Waals surface area contributed by atoms with E-state index in [0.29, 0.717) is 17.2 Å². The van der Waals surface area contributed by atoms with E-state index in [-0.39, 0.29) is 0 Å². The number of nitrogens with zero attached hydrogens (tertiary/aromatic N) is 4. The number of rotatable bonds is 1. The zero-order valence-electron chi connectivity index (χ0n) is 9.33. The fraction of sp³-hybridized carbons (Fsp3) is 0.0833. The number of benzene rings is 1. The average molecular weight is 225 g/mol. The van der Waals surface area contributed by atoms with Gasteiger partial charge in [-0.3, -0.25) is 0 Å². The van der Waals surface area contributed by atoms with Crippen LogP contribution in [0.4, 0.5) is 5.69 Å². The molecular formula is C12H11N5. The summed E-state index contributed by atoms with van der Waals surface area (Å²) < 4.78 is 1.89. The predicted molar refractivity (Wildman–Crippen MR) is 66.2 cm³/mol. The molecule has 2 N–H and O–H groups in total. The summed E-state index contributed by atoms with van der Waals surface area (Å²) in [5.74, 6) is 0.642. The summed E-state index contributed by atoms with van der Waals surface area (Å²) in [7, 11) is 1.92. The summed E-state index contributed by atoms with van der Waals surface area (Å²) in [4.78, 5) is 12.9. The van der Waals surface area contributed by atoms with Crippen molar-refractivity contribution in [1.29, 1.82) is 0 Å². The molecule has 5 heteroatoms. The van der Waals surface area contributed by atoms with Gasteiger partial charge in [-0.1, -0.05) is 12.1 Å². The lowest BCUT2D eigenvalue weighted by Crippen LogP contribution is -1.92. The molecule has 0 aliphatic heterocycles. The number of aryl methyl sites for hydroxylation is 1. The summed E-state index contributed by atoms with van der Waals surface area (Å²) in [6.45, 7) is 0. The summed E-state index contributed by atoms with van der Waals surface area (Å²) >= 11 is 0. The van der Waals surface area contributed by atoms with Crippen molar-refractivity contribution in [1.82, 2.24) is 19.5 Å². The molecule has 0 aliphatic rings. The maximum absolute atomic E-state index is 5.74. The van der Waals surface area contributed by atoms with E-state index in [1.54, 1.807) is 12.5 Å². The Morgan fingerprint density at radius 3 is 2.94 bits per heavy atom. The normalized spacial score (nSPS) is 10.9. The molecular weight excluding hydrogens is 214 g/mol. The summed E-state index contributed by atoms with van der Waals surface area (Å²) in [5.41, 5.74) is 8.95. The van der Waals surface area contributed by atoms with Crippen LogP contribution in [0.2, 0.25) is 0 Å². The second-order valence-corrected chi connectivity index (χ2v) is 3.88. The SMILES string of the molecule is Cn1cnc2nc(-c3cccc(N)c3)ncc21. The maximum Gasteiger partial charge on any atom is 0.181 e. The van der Waals surface area contributed by atoms with Crippen LogP contribution in [0.3, 0.4) is 0 Å². The van der Waals surface area contributed by atoms with Crippen LogP contribution in [-0.2, 0) is 7.05 Å². The van der Waals surface area contributed by atoms with Crippen molar-refractivity contribution < 1.29 is 0 Å². The van der Waals surface area contributed by atoms with Crippen molar-refractivity contribution in [2.45, 2.75) is 0 Å². The van der Waals surface area contributed by atoms with Gasteiger partial charge in [0.2, 0.25) is 0 Å². The molecule has 17 heavy (non-hydrogen) atoms. The van der Waals surface area contributed by atoms with E-state index in [1.165, 1.54) is 0 Å². The van der Waals surface area contributed by atoms with Gasteiger partial charge in [0.15, 0.2) is 11.5 Å². The molecule has 84 valence electrons. The molecule has 0 spiro atoms. The Morgan fingerprint density at radius 2 is 2.12 bits per heavy atom. The van der Waals surface area contributed by atoms with Gasteiger partial charge in [0, 0.05) is 18.3 Å². The number of hydrogen-bond acceptors (Lipinski definition) is 4. The van der Waals surface area contributed by atoms with E-state index in [9.17, 15) is 0 Å². The van der Waals surface area contributed by atoms with Crippen molar-refractivity contribution in [3.8, 4) is 11.4 Å². The first kappa shape index (κ1) is 9.77. The van der Waals surface area contributed by atoms with Crippen molar-refractivity contribution >= 4 is 16.9 Å². The predicted octanol–water partition coefficient (Wildman–Crippen LogP) is 1.61. The lowest BCUT2D eigenvalue weighted by Gasteiger charge is -2.01. The molecule has 0 saturated carbocycles. The first-order valence-corrected chi connectivity index (χ1v) is 5.24. The molecule has 1 aromatic carbocycles. The zero-order chi connectivity index (χ0) is 11.8. The molecule has 0 saturated heterocycles. The first-order chi connectivity index (χ1) is 8.24. The number of hydrogen-bond donors (Lipinski definition) is 1. The summed E-state index contributed by atoms with van der Waals surface area (Å²) in [6, 6.07) is 7.50. The monoisotopic (exact) mass is 225 g/mol. The van der Waals surface area contributed by atoms with E-state index in [1.807, 2.05) is 35.9 Å². The molecule has 0 unspecified atom stereocenters. The molecule has 0 fully saturated rings. The lowest BCUT2D eigenvalue weighted by molar-refractivity contribution is 0.944. The van der Waals surface area contributed by atoms with Crippen LogP contribution >= 0.6 is 0 Å². The minimum Gasteiger partial charge on any atom is -0.399 e.